The summed E-state index contributed by atoms with van der Waals surface area (Å²) in [5.74, 6) is -0.277. The Kier molecular flexibility index (Phi) is 13.9. The van der Waals surface area contributed by atoms with Crippen LogP contribution in [0.25, 0.3) is 0 Å². The number of hydrogen-bond acceptors (Lipinski definition) is 4. The number of aliphatic hydroxyl groups is 2. The van der Waals surface area contributed by atoms with Gasteiger partial charge in [0, 0.05) is 24.4 Å². The molecule has 0 aromatic heterocycles. The summed E-state index contributed by atoms with van der Waals surface area (Å²) in [6.45, 7) is 29.0. The first kappa shape index (κ1) is 38.6. The molecule has 2 aromatic carbocycles. The molecular formula is C38H64O4Si2. The number of aliphatic hydroxyl groups excluding tert-OH is 2. The van der Waals surface area contributed by atoms with E-state index in [1.165, 1.54) is 10.4 Å². The predicted octanol–water partition coefficient (Wildman–Crippen LogP) is 8.33. The first-order valence-corrected chi connectivity index (χ1v) is 21.6. The molecule has 0 amide bonds. The van der Waals surface area contributed by atoms with Crippen LogP contribution < -0.4 is 10.4 Å². The third-order valence-electron chi connectivity index (χ3n) is 10.0. The molecule has 0 unspecified atom stereocenters. The zero-order valence-corrected chi connectivity index (χ0v) is 32.1. The molecule has 2 N–H and O–H groups in total. The molecule has 0 aliphatic heterocycles. The van der Waals surface area contributed by atoms with E-state index in [0.717, 1.165) is 18.4 Å². The Morgan fingerprint density at radius 2 is 1.30 bits per heavy atom. The molecule has 0 radical (unpaired) electrons. The van der Waals surface area contributed by atoms with Crippen molar-refractivity contribution in [3.8, 4) is 0 Å². The molecule has 0 spiro atoms. The van der Waals surface area contributed by atoms with Crippen molar-refractivity contribution in [3.05, 3.63) is 72.3 Å². The van der Waals surface area contributed by atoms with Crippen molar-refractivity contribution < 1.29 is 19.1 Å². The molecule has 0 fully saturated rings. The van der Waals surface area contributed by atoms with Crippen LogP contribution in [0.15, 0.2) is 72.3 Å². The highest BCUT2D eigenvalue weighted by molar-refractivity contribution is 6.99. The lowest BCUT2D eigenvalue weighted by atomic mass is 9.87. The van der Waals surface area contributed by atoms with E-state index in [-0.39, 0.29) is 33.9 Å². The van der Waals surface area contributed by atoms with E-state index in [1.54, 1.807) is 0 Å². The Morgan fingerprint density at radius 3 is 1.70 bits per heavy atom. The molecule has 6 atom stereocenters. The molecule has 0 saturated heterocycles. The van der Waals surface area contributed by atoms with Gasteiger partial charge in [-0.25, -0.2) is 0 Å². The Hall–Kier alpha value is -1.55. The van der Waals surface area contributed by atoms with Crippen molar-refractivity contribution >= 4 is 27.0 Å². The third-order valence-corrected chi connectivity index (χ3v) is 19.5. The van der Waals surface area contributed by atoms with Crippen molar-refractivity contribution in [2.24, 2.45) is 17.8 Å². The Balaban J connectivity index is 2.26. The average Bonchev–Trinajstić information content (AvgIpc) is 2.95. The van der Waals surface area contributed by atoms with Gasteiger partial charge in [-0.15, -0.1) is 0 Å². The fraction of sp³-hybridized carbons (Fsp3) is 0.632. The maximum absolute atomic E-state index is 11.5. The Labute approximate surface area is 272 Å². The molecule has 0 heterocycles. The van der Waals surface area contributed by atoms with Crippen LogP contribution >= 0.6 is 0 Å². The highest BCUT2D eigenvalue weighted by atomic mass is 28.4. The molecule has 0 saturated carbocycles. The fourth-order valence-electron chi connectivity index (χ4n) is 6.13. The maximum Gasteiger partial charge on any atom is 0.261 e. The smallest absolute Gasteiger partial charge is 0.261 e. The van der Waals surface area contributed by atoms with Crippen molar-refractivity contribution in [1.82, 2.24) is 0 Å². The monoisotopic (exact) mass is 640 g/mol. The minimum absolute atomic E-state index is 0.00162. The summed E-state index contributed by atoms with van der Waals surface area (Å²) in [7, 11) is -4.67. The fourth-order valence-corrected chi connectivity index (χ4v) is 12.2. The van der Waals surface area contributed by atoms with Crippen LogP contribution in [0.3, 0.4) is 0 Å². The minimum atomic E-state index is -2.69. The molecule has 2 aromatic rings. The number of benzene rings is 2. The van der Waals surface area contributed by atoms with E-state index >= 15 is 0 Å². The lowest BCUT2D eigenvalue weighted by Gasteiger charge is -2.44. The second-order valence-corrected chi connectivity index (χ2v) is 24.8. The highest BCUT2D eigenvalue weighted by Crippen LogP contribution is 2.40. The Morgan fingerprint density at radius 1 is 0.818 bits per heavy atom. The van der Waals surface area contributed by atoms with Crippen LogP contribution in [0.4, 0.5) is 0 Å². The summed E-state index contributed by atoms with van der Waals surface area (Å²) in [5, 5.41) is 25.5. The molecule has 0 bridgehead atoms. The lowest BCUT2D eigenvalue weighted by Crippen LogP contribution is -2.67. The van der Waals surface area contributed by atoms with Gasteiger partial charge in [-0.1, -0.05) is 142 Å². The molecule has 0 aliphatic carbocycles. The first-order chi connectivity index (χ1) is 20.3. The van der Waals surface area contributed by atoms with Crippen molar-refractivity contribution in [1.29, 1.82) is 0 Å². The van der Waals surface area contributed by atoms with Crippen LogP contribution in [-0.4, -0.2) is 51.8 Å². The molecule has 44 heavy (non-hydrogen) atoms. The summed E-state index contributed by atoms with van der Waals surface area (Å²) in [6, 6.07) is 21.3. The van der Waals surface area contributed by atoms with Gasteiger partial charge in [-0.05, 0) is 52.5 Å². The van der Waals surface area contributed by atoms with E-state index in [9.17, 15) is 10.2 Å². The van der Waals surface area contributed by atoms with E-state index < -0.39 is 28.8 Å². The quantitative estimate of drug-likeness (QED) is 0.152. The second-order valence-electron chi connectivity index (χ2n) is 15.7. The summed E-state index contributed by atoms with van der Waals surface area (Å²) >= 11 is 0. The third kappa shape index (κ3) is 9.26. The zero-order valence-electron chi connectivity index (χ0n) is 30.1. The molecular weight excluding hydrogens is 577 g/mol. The summed E-state index contributed by atoms with van der Waals surface area (Å²) in [6.07, 6.45) is 2.75. The van der Waals surface area contributed by atoms with Crippen molar-refractivity contribution in [2.45, 2.75) is 130 Å². The maximum atomic E-state index is 11.5. The second kappa shape index (κ2) is 15.8. The zero-order chi connectivity index (χ0) is 33.5. The van der Waals surface area contributed by atoms with Gasteiger partial charge in [0.2, 0.25) is 0 Å². The predicted molar refractivity (Wildman–Crippen MR) is 194 cm³/mol. The lowest BCUT2D eigenvalue weighted by molar-refractivity contribution is 0.0386. The molecule has 0 aliphatic rings. The van der Waals surface area contributed by atoms with E-state index in [4.69, 9.17) is 8.85 Å². The summed E-state index contributed by atoms with van der Waals surface area (Å²) < 4.78 is 13.9. The van der Waals surface area contributed by atoms with Crippen molar-refractivity contribution in [3.63, 3.8) is 0 Å². The molecule has 6 heteroatoms. The van der Waals surface area contributed by atoms with E-state index in [0.29, 0.717) is 6.61 Å². The van der Waals surface area contributed by atoms with Gasteiger partial charge in [0.15, 0.2) is 8.32 Å². The van der Waals surface area contributed by atoms with Gasteiger partial charge >= 0.3 is 0 Å². The van der Waals surface area contributed by atoms with Gasteiger partial charge in [-0.3, -0.25) is 0 Å². The van der Waals surface area contributed by atoms with Gasteiger partial charge in [0.05, 0.1) is 18.3 Å². The Bertz CT molecular complexity index is 1110. The summed E-state index contributed by atoms with van der Waals surface area (Å²) in [4.78, 5) is 0. The normalized spacial score (nSPS) is 17.9. The van der Waals surface area contributed by atoms with Crippen LogP contribution in [0.2, 0.25) is 23.2 Å². The largest absolute Gasteiger partial charge is 0.414 e. The minimum Gasteiger partial charge on any atom is -0.414 e. The topological polar surface area (TPSA) is 58.9 Å². The van der Waals surface area contributed by atoms with Crippen LogP contribution in [-0.2, 0) is 8.85 Å². The van der Waals surface area contributed by atoms with Crippen molar-refractivity contribution in [2.75, 3.05) is 6.61 Å². The van der Waals surface area contributed by atoms with Crippen LogP contribution in [0.1, 0.15) is 89.0 Å². The number of hydrogen-bond donors (Lipinski definition) is 2. The van der Waals surface area contributed by atoms with Gasteiger partial charge in [0.25, 0.3) is 8.32 Å². The number of rotatable bonds is 15. The average molecular weight is 641 g/mol. The standard InChI is InChI=1S/C38H64O4Si2/c1-14-21-34(42-43(12,13)37(6,7)8)31(5)36(40)29(3)26-28(2)35(39)30(4)27-41-44(38(9,10)11,32-22-17-15-18-23-32)33-24-19-16-20-25-33/h15-20,22-26,28,30-31,34-36,39-40H,14,21,27H2,1-13H3/b29-26+/t28-,30+,31+,34+,35+,36+/m1/s1. The first-order valence-electron chi connectivity index (χ1n) is 16.8. The van der Waals surface area contributed by atoms with E-state index in [1.807, 2.05) is 13.8 Å². The van der Waals surface area contributed by atoms with Gasteiger partial charge in [0.1, 0.15) is 0 Å². The summed E-state index contributed by atoms with van der Waals surface area (Å²) in [5.41, 5.74) is 0.893. The highest BCUT2D eigenvalue weighted by Gasteiger charge is 2.50. The molecule has 2 rings (SSSR count). The molecule has 248 valence electrons. The van der Waals surface area contributed by atoms with Crippen LogP contribution in [0.5, 0.6) is 0 Å². The van der Waals surface area contributed by atoms with Gasteiger partial charge < -0.3 is 19.1 Å². The van der Waals surface area contributed by atoms with Gasteiger partial charge in [-0.2, -0.15) is 0 Å². The molecule has 4 nitrogen and oxygen atoms in total. The van der Waals surface area contributed by atoms with Crippen LogP contribution in [0, 0.1) is 17.8 Å². The van der Waals surface area contributed by atoms with E-state index in [2.05, 4.69) is 142 Å². The SMILES string of the molecule is CCC[C@H](O[Si](C)(C)C(C)(C)C)[C@H](C)[C@@H](O)/C(C)=C/[C@@H](C)[C@H](O)[C@@H](C)CO[Si](c1ccccc1)(c1ccccc1)C(C)(C)C.